The topological polar surface area (TPSA) is 61.4 Å². The minimum Gasteiger partial charge on any atom is -0.342 e. The van der Waals surface area contributed by atoms with E-state index in [9.17, 15) is 4.79 Å². The monoisotopic (exact) mass is 343 g/mol. The van der Waals surface area contributed by atoms with Crippen LogP contribution in [0.5, 0.6) is 0 Å². The van der Waals surface area contributed by atoms with Crippen molar-refractivity contribution in [2.45, 2.75) is 51.6 Å². The predicted molar refractivity (Wildman–Crippen MR) is 97.2 cm³/mol. The molecule has 6 nitrogen and oxygen atoms in total. The maximum atomic E-state index is 12.2. The highest BCUT2D eigenvalue weighted by Crippen LogP contribution is 2.32. The van der Waals surface area contributed by atoms with Crippen LogP contribution in [0.15, 0.2) is 12.4 Å². The lowest BCUT2D eigenvalue weighted by Crippen LogP contribution is -2.50. The summed E-state index contributed by atoms with van der Waals surface area (Å²) in [5.41, 5.74) is 1.13. The van der Waals surface area contributed by atoms with Crippen LogP contribution >= 0.6 is 0 Å². The van der Waals surface area contributed by atoms with E-state index in [1.54, 1.807) is 0 Å². The van der Waals surface area contributed by atoms with Gasteiger partial charge in [-0.1, -0.05) is 6.92 Å². The molecular formula is C19H29N5O. The summed E-state index contributed by atoms with van der Waals surface area (Å²) < 4.78 is 0. The van der Waals surface area contributed by atoms with Crippen molar-refractivity contribution in [3.05, 3.63) is 18.0 Å². The number of anilines is 1. The lowest BCUT2D eigenvalue weighted by Gasteiger charge is -2.37. The summed E-state index contributed by atoms with van der Waals surface area (Å²) in [5, 5.41) is 3.65. The molecule has 1 N–H and O–H groups in total. The summed E-state index contributed by atoms with van der Waals surface area (Å²) >= 11 is 0. The highest BCUT2D eigenvalue weighted by atomic mass is 16.2. The fourth-order valence-corrected chi connectivity index (χ4v) is 4.01. The number of amides is 1. The van der Waals surface area contributed by atoms with Crippen molar-refractivity contribution in [2.75, 3.05) is 31.1 Å². The van der Waals surface area contributed by atoms with E-state index in [0.29, 0.717) is 23.8 Å². The molecule has 6 heteroatoms. The molecule has 3 fully saturated rings. The zero-order valence-electron chi connectivity index (χ0n) is 15.2. The second-order valence-corrected chi connectivity index (χ2v) is 7.90. The van der Waals surface area contributed by atoms with Gasteiger partial charge in [-0.25, -0.2) is 9.97 Å². The molecule has 2 atom stereocenters. The summed E-state index contributed by atoms with van der Waals surface area (Å²) in [6.07, 6.45) is 9.61. The van der Waals surface area contributed by atoms with Crippen LogP contribution in [-0.2, 0) is 11.3 Å². The van der Waals surface area contributed by atoms with Crippen molar-refractivity contribution in [2.24, 2.45) is 11.8 Å². The van der Waals surface area contributed by atoms with Crippen molar-refractivity contribution in [1.29, 1.82) is 0 Å². The average Bonchev–Trinajstić information content (AvgIpc) is 3.35. The number of rotatable bonds is 5. The summed E-state index contributed by atoms with van der Waals surface area (Å²) in [6, 6.07) is 0.460. The van der Waals surface area contributed by atoms with Gasteiger partial charge in [0.15, 0.2) is 0 Å². The number of hydrogen-bond donors (Lipinski definition) is 1. The third kappa shape index (κ3) is 3.94. The van der Waals surface area contributed by atoms with E-state index in [4.69, 9.17) is 0 Å². The van der Waals surface area contributed by atoms with Gasteiger partial charge >= 0.3 is 0 Å². The van der Waals surface area contributed by atoms with Gasteiger partial charge in [-0.05, 0) is 38.0 Å². The number of hydrogen-bond acceptors (Lipinski definition) is 5. The highest BCUT2D eigenvalue weighted by Gasteiger charge is 2.36. The van der Waals surface area contributed by atoms with E-state index in [-0.39, 0.29) is 0 Å². The first-order valence-corrected chi connectivity index (χ1v) is 9.79. The van der Waals surface area contributed by atoms with Crippen molar-refractivity contribution in [1.82, 2.24) is 20.2 Å². The van der Waals surface area contributed by atoms with Gasteiger partial charge in [0.05, 0.1) is 0 Å². The zero-order valence-corrected chi connectivity index (χ0v) is 15.2. The average molecular weight is 343 g/mol. The van der Waals surface area contributed by atoms with Crippen LogP contribution in [0, 0.1) is 11.8 Å². The van der Waals surface area contributed by atoms with Crippen LogP contribution in [0.25, 0.3) is 0 Å². The molecule has 1 saturated carbocycles. The second-order valence-electron chi connectivity index (χ2n) is 7.90. The quantitative estimate of drug-likeness (QED) is 0.883. The number of carbonyl (C=O) groups is 1. The Morgan fingerprint density at radius 2 is 1.88 bits per heavy atom. The van der Waals surface area contributed by atoms with Crippen molar-refractivity contribution in [3.63, 3.8) is 0 Å². The van der Waals surface area contributed by atoms with Gasteiger partial charge in [-0.3, -0.25) is 4.79 Å². The molecule has 0 spiro atoms. The molecule has 1 aromatic rings. The number of likely N-dealkylation sites (tertiary alicyclic amines) is 1. The lowest BCUT2D eigenvalue weighted by atomic mass is 9.93. The first kappa shape index (κ1) is 16.8. The van der Waals surface area contributed by atoms with Gasteiger partial charge < -0.3 is 15.1 Å². The van der Waals surface area contributed by atoms with Gasteiger partial charge in [0.2, 0.25) is 11.9 Å². The molecule has 3 heterocycles. The molecule has 136 valence electrons. The van der Waals surface area contributed by atoms with E-state index >= 15 is 0 Å². The van der Waals surface area contributed by atoms with Crippen LogP contribution in [0.4, 0.5) is 5.95 Å². The Labute approximate surface area is 150 Å². The largest absolute Gasteiger partial charge is 0.342 e. The SMILES string of the molecule is C[C@H]1CN(C(=O)C2CC2)CC[C@@H]1NCc1cnc(N2CCCC2)nc1. The van der Waals surface area contributed by atoms with Gasteiger partial charge in [0.1, 0.15) is 0 Å². The highest BCUT2D eigenvalue weighted by molar-refractivity contribution is 5.81. The first-order chi connectivity index (χ1) is 12.2. The number of nitrogens with one attached hydrogen (secondary N) is 1. The van der Waals surface area contributed by atoms with Gasteiger partial charge in [0.25, 0.3) is 0 Å². The zero-order chi connectivity index (χ0) is 17.2. The smallest absolute Gasteiger partial charge is 0.225 e. The second kappa shape index (κ2) is 7.28. The Hall–Kier alpha value is -1.69. The number of nitrogens with zero attached hydrogens (tertiary/aromatic N) is 4. The molecule has 3 aliphatic rings. The Balaban J connectivity index is 1.26. The maximum Gasteiger partial charge on any atom is 0.225 e. The predicted octanol–water partition coefficient (Wildman–Crippen LogP) is 1.81. The molecule has 4 rings (SSSR count). The summed E-state index contributed by atoms with van der Waals surface area (Å²) in [6.45, 7) is 6.97. The van der Waals surface area contributed by atoms with Gasteiger partial charge in [-0.2, -0.15) is 0 Å². The van der Waals surface area contributed by atoms with Crippen LogP contribution in [0.2, 0.25) is 0 Å². The van der Waals surface area contributed by atoms with Crippen molar-refractivity contribution < 1.29 is 4.79 Å². The van der Waals surface area contributed by atoms with E-state index in [0.717, 1.165) is 63.5 Å². The summed E-state index contributed by atoms with van der Waals surface area (Å²) in [7, 11) is 0. The minimum atomic E-state index is 0.336. The molecule has 1 amide bonds. The normalized spacial score (nSPS) is 26.9. The molecule has 0 unspecified atom stereocenters. The van der Waals surface area contributed by atoms with Crippen molar-refractivity contribution >= 4 is 11.9 Å². The molecule has 0 radical (unpaired) electrons. The number of piperidine rings is 1. The van der Waals surface area contributed by atoms with Crippen LogP contribution in [0.3, 0.4) is 0 Å². The van der Waals surface area contributed by atoms with Gasteiger partial charge in [0, 0.05) is 62.6 Å². The standard InChI is InChI=1S/C19H29N5O/c1-14-13-24(18(25)16-4-5-16)9-6-17(14)20-10-15-11-21-19(22-12-15)23-7-2-3-8-23/h11-12,14,16-17,20H,2-10,13H2,1H3/t14-,17-/m0/s1. The Bertz CT molecular complexity index is 594. The van der Waals surface area contributed by atoms with Crippen LogP contribution in [-0.4, -0.2) is 53.0 Å². The fraction of sp³-hybridized carbons (Fsp3) is 0.737. The molecule has 0 aromatic carbocycles. The van der Waals surface area contributed by atoms with Crippen molar-refractivity contribution in [3.8, 4) is 0 Å². The fourth-order valence-electron chi connectivity index (χ4n) is 4.01. The molecule has 0 bridgehead atoms. The van der Waals surface area contributed by atoms with Gasteiger partial charge in [-0.15, -0.1) is 0 Å². The number of aromatic nitrogens is 2. The van der Waals surface area contributed by atoms with E-state index in [1.165, 1.54) is 12.8 Å². The molecule has 25 heavy (non-hydrogen) atoms. The van der Waals surface area contributed by atoms with E-state index in [2.05, 4.69) is 32.0 Å². The Morgan fingerprint density at radius 3 is 2.52 bits per heavy atom. The molecule has 1 aromatic heterocycles. The van der Waals surface area contributed by atoms with Crippen LogP contribution in [0.1, 0.15) is 44.6 Å². The first-order valence-electron chi connectivity index (χ1n) is 9.79. The molecule has 1 aliphatic carbocycles. The number of carbonyl (C=O) groups excluding carboxylic acids is 1. The van der Waals surface area contributed by atoms with Crippen LogP contribution < -0.4 is 10.2 Å². The maximum absolute atomic E-state index is 12.2. The lowest BCUT2D eigenvalue weighted by molar-refractivity contribution is -0.134. The third-order valence-electron chi connectivity index (χ3n) is 5.79. The third-order valence-corrected chi connectivity index (χ3v) is 5.79. The molecule has 2 aliphatic heterocycles. The molecular weight excluding hydrogens is 314 g/mol. The molecule has 2 saturated heterocycles. The Morgan fingerprint density at radius 1 is 1.16 bits per heavy atom. The van der Waals surface area contributed by atoms with E-state index < -0.39 is 0 Å². The Kier molecular flexibility index (Phi) is 4.88. The summed E-state index contributed by atoms with van der Waals surface area (Å²) in [4.78, 5) is 25.6. The minimum absolute atomic E-state index is 0.336. The van der Waals surface area contributed by atoms with E-state index in [1.807, 2.05) is 12.4 Å². The summed E-state index contributed by atoms with van der Waals surface area (Å²) in [5.74, 6) is 2.07.